The standard InChI is InChI=1S/C20H23F2NO3/c1-4-5-10-26-18-9-7-15(12-19(18)25-3)20(24)23-13(2)14-6-8-16(21)17(22)11-14/h6-9,11-13H,4-5,10H2,1-3H3,(H,23,24)/t13-/m1/s1. The molecule has 0 aromatic heterocycles. The van der Waals surface area contributed by atoms with Crippen LogP contribution in [0.3, 0.4) is 0 Å². The van der Waals surface area contributed by atoms with Crippen LogP contribution in [-0.4, -0.2) is 19.6 Å². The van der Waals surface area contributed by atoms with E-state index >= 15 is 0 Å². The second-order valence-corrected chi connectivity index (χ2v) is 5.94. The van der Waals surface area contributed by atoms with Gasteiger partial charge in [0.15, 0.2) is 23.1 Å². The van der Waals surface area contributed by atoms with Gasteiger partial charge in [0.1, 0.15) is 0 Å². The molecule has 0 saturated carbocycles. The van der Waals surface area contributed by atoms with E-state index in [9.17, 15) is 13.6 Å². The molecule has 140 valence electrons. The van der Waals surface area contributed by atoms with Gasteiger partial charge in [-0.1, -0.05) is 19.4 Å². The lowest BCUT2D eigenvalue weighted by Crippen LogP contribution is -2.26. The van der Waals surface area contributed by atoms with E-state index in [0.717, 1.165) is 25.0 Å². The minimum absolute atomic E-state index is 0.347. The van der Waals surface area contributed by atoms with Gasteiger partial charge in [0.05, 0.1) is 19.8 Å². The number of carbonyl (C=O) groups is 1. The molecule has 0 aliphatic carbocycles. The first-order valence-corrected chi connectivity index (χ1v) is 8.53. The summed E-state index contributed by atoms with van der Waals surface area (Å²) in [4.78, 5) is 12.4. The number of methoxy groups -OCH3 is 1. The predicted molar refractivity (Wildman–Crippen MR) is 95.6 cm³/mol. The van der Waals surface area contributed by atoms with Gasteiger partial charge in [0.2, 0.25) is 0 Å². The summed E-state index contributed by atoms with van der Waals surface area (Å²) in [5, 5.41) is 2.76. The third-order valence-electron chi connectivity index (χ3n) is 3.97. The number of carbonyl (C=O) groups excluding carboxylic acids is 1. The van der Waals surface area contributed by atoms with Gasteiger partial charge in [-0.2, -0.15) is 0 Å². The van der Waals surface area contributed by atoms with Crippen LogP contribution in [0.4, 0.5) is 8.78 Å². The third-order valence-corrected chi connectivity index (χ3v) is 3.97. The summed E-state index contributed by atoms with van der Waals surface area (Å²) < 4.78 is 37.3. The van der Waals surface area contributed by atoms with Crippen molar-refractivity contribution < 1.29 is 23.0 Å². The Morgan fingerprint density at radius 1 is 1.12 bits per heavy atom. The van der Waals surface area contributed by atoms with E-state index in [0.29, 0.717) is 29.2 Å². The Labute approximate surface area is 152 Å². The Morgan fingerprint density at radius 3 is 2.54 bits per heavy atom. The Hall–Kier alpha value is -2.63. The van der Waals surface area contributed by atoms with Crippen LogP contribution < -0.4 is 14.8 Å². The molecule has 2 rings (SSSR count). The molecule has 0 fully saturated rings. The maximum atomic E-state index is 13.4. The smallest absolute Gasteiger partial charge is 0.251 e. The molecular formula is C20H23F2NO3. The zero-order valence-corrected chi connectivity index (χ0v) is 15.1. The van der Waals surface area contributed by atoms with E-state index in [2.05, 4.69) is 12.2 Å². The minimum atomic E-state index is -0.946. The molecule has 2 aromatic carbocycles. The maximum absolute atomic E-state index is 13.4. The topological polar surface area (TPSA) is 47.6 Å². The van der Waals surface area contributed by atoms with Crippen LogP contribution >= 0.6 is 0 Å². The van der Waals surface area contributed by atoms with E-state index in [1.165, 1.54) is 13.2 Å². The van der Waals surface area contributed by atoms with Crippen LogP contribution in [0.25, 0.3) is 0 Å². The average molecular weight is 363 g/mol. The van der Waals surface area contributed by atoms with E-state index in [1.54, 1.807) is 25.1 Å². The second kappa shape index (κ2) is 9.17. The Morgan fingerprint density at radius 2 is 1.88 bits per heavy atom. The first-order valence-electron chi connectivity index (χ1n) is 8.53. The van der Waals surface area contributed by atoms with Crippen molar-refractivity contribution in [3.05, 3.63) is 59.2 Å². The van der Waals surface area contributed by atoms with E-state index in [-0.39, 0.29) is 5.91 Å². The SMILES string of the molecule is CCCCOc1ccc(C(=O)N[C@H](C)c2ccc(F)c(F)c2)cc1OC. The maximum Gasteiger partial charge on any atom is 0.251 e. The van der Waals surface area contributed by atoms with Gasteiger partial charge < -0.3 is 14.8 Å². The largest absolute Gasteiger partial charge is 0.493 e. The highest BCUT2D eigenvalue weighted by Crippen LogP contribution is 2.28. The molecule has 26 heavy (non-hydrogen) atoms. The van der Waals surface area contributed by atoms with Crippen LogP contribution in [0.1, 0.15) is 48.7 Å². The first kappa shape index (κ1) is 19.7. The van der Waals surface area contributed by atoms with Crippen molar-refractivity contribution in [2.24, 2.45) is 0 Å². The Kier molecular flexibility index (Phi) is 6.95. The van der Waals surface area contributed by atoms with Gasteiger partial charge in [-0.25, -0.2) is 8.78 Å². The van der Waals surface area contributed by atoms with Crippen LogP contribution in [-0.2, 0) is 0 Å². The summed E-state index contributed by atoms with van der Waals surface area (Å²) in [6.45, 7) is 4.35. The van der Waals surface area contributed by atoms with Crippen molar-refractivity contribution in [2.45, 2.75) is 32.7 Å². The van der Waals surface area contributed by atoms with E-state index in [4.69, 9.17) is 9.47 Å². The van der Waals surface area contributed by atoms with Crippen molar-refractivity contribution in [3.8, 4) is 11.5 Å². The molecule has 0 bridgehead atoms. The fourth-order valence-corrected chi connectivity index (χ4v) is 2.40. The summed E-state index contributed by atoms with van der Waals surface area (Å²) in [6, 6.07) is 7.99. The lowest BCUT2D eigenvalue weighted by atomic mass is 10.1. The highest BCUT2D eigenvalue weighted by Gasteiger charge is 2.15. The van der Waals surface area contributed by atoms with Gasteiger partial charge >= 0.3 is 0 Å². The van der Waals surface area contributed by atoms with Gasteiger partial charge in [-0.3, -0.25) is 4.79 Å². The first-order chi connectivity index (χ1) is 12.5. The van der Waals surface area contributed by atoms with E-state index in [1.807, 2.05) is 0 Å². The molecule has 2 aromatic rings. The molecule has 4 nitrogen and oxygen atoms in total. The molecule has 0 spiro atoms. The highest BCUT2D eigenvalue weighted by molar-refractivity contribution is 5.95. The number of hydrogen-bond donors (Lipinski definition) is 1. The minimum Gasteiger partial charge on any atom is -0.493 e. The highest BCUT2D eigenvalue weighted by atomic mass is 19.2. The fraction of sp³-hybridized carbons (Fsp3) is 0.350. The second-order valence-electron chi connectivity index (χ2n) is 5.94. The number of amides is 1. The quantitative estimate of drug-likeness (QED) is 0.695. The van der Waals surface area contributed by atoms with Crippen LogP contribution in [0.5, 0.6) is 11.5 Å². The normalized spacial score (nSPS) is 11.7. The number of halogens is 2. The number of benzene rings is 2. The summed E-state index contributed by atoms with van der Waals surface area (Å²) in [5.41, 5.74) is 0.864. The summed E-state index contributed by atoms with van der Waals surface area (Å²) in [6.07, 6.45) is 1.95. The molecular weight excluding hydrogens is 340 g/mol. The third kappa shape index (κ3) is 4.94. The molecule has 0 saturated heterocycles. The van der Waals surface area contributed by atoms with Crippen molar-refractivity contribution >= 4 is 5.91 Å². The molecule has 0 heterocycles. The lowest BCUT2D eigenvalue weighted by Gasteiger charge is -2.16. The lowest BCUT2D eigenvalue weighted by molar-refractivity contribution is 0.0939. The molecule has 6 heteroatoms. The van der Waals surface area contributed by atoms with Gasteiger partial charge in [-0.15, -0.1) is 0 Å². The molecule has 0 unspecified atom stereocenters. The van der Waals surface area contributed by atoms with E-state index < -0.39 is 17.7 Å². The van der Waals surface area contributed by atoms with Crippen LogP contribution in [0, 0.1) is 11.6 Å². The zero-order chi connectivity index (χ0) is 19.1. The number of hydrogen-bond acceptors (Lipinski definition) is 3. The zero-order valence-electron chi connectivity index (χ0n) is 15.1. The van der Waals surface area contributed by atoms with Crippen molar-refractivity contribution in [1.82, 2.24) is 5.32 Å². The van der Waals surface area contributed by atoms with Crippen LogP contribution in [0.15, 0.2) is 36.4 Å². The average Bonchev–Trinajstić information content (AvgIpc) is 2.64. The van der Waals surface area contributed by atoms with Crippen molar-refractivity contribution in [3.63, 3.8) is 0 Å². The van der Waals surface area contributed by atoms with Gasteiger partial charge in [0.25, 0.3) is 5.91 Å². The Bertz CT molecular complexity index is 765. The number of rotatable bonds is 8. The van der Waals surface area contributed by atoms with Crippen LogP contribution in [0.2, 0.25) is 0 Å². The molecule has 0 radical (unpaired) electrons. The molecule has 1 N–H and O–H groups in total. The number of nitrogens with one attached hydrogen (secondary N) is 1. The molecule has 1 amide bonds. The number of ether oxygens (including phenoxy) is 2. The Balaban J connectivity index is 2.09. The number of unbranched alkanes of at least 4 members (excludes halogenated alkanes) is 1. The molecule has 0 aliphatic rings. The van der Waals surface area contributed by atoms with Crippen molar-refractivity contribution in [2.75, 3.05) is 13.7 Å². The summed E-state index contributed by atoms with van der Waals surface area (Å²) in [5.74, 6) is -1.17. The van der Waals surface area contributed by atoms with Gasteiger partial charge in [0, 0.05) is 5.56 Å². The van der Waals surface area contributed by atoms with Crippen molar-refractivity contribution in [1.29, 1.82) is 0 Å². The fourth-order valence-electron chi connectivity index (χ4n) is 2.40. The predicted octanol–water partition coefficient (Wildman–Crippen LogP) is 4.64. The molecule has 0 aliphatic heterocycles. The monoisotopic (exact) mass is 363 g/mol. The summed E-state index contributed by atoms with van der Waals surface area (Å²) in [7, 11) is 1.51. The van der Waals surface area contributed by atoms with Gasteiger partial charge in [-0.05, 0) is 49.2 Å². The summed E-state index contributed by atoms with van der Waals surface area (Å²) >= 11 is 0. The molecule has 1 atom stereocenters.